The average Bonchev–Trinajstić information content (AvgIpc) is 1.85. The third kappa shape index (κ3) is 2.88. The van der Waals surface area contributed by atoms with Gasteiger partial charge in [-0.3, -0.25) is 0 Å². The standard InChI is InChI=1S/C4H8N2O4/c1-2(3(7)10-5)6-4(8)9/h2,6H,5H2,1H3,(H,8,9). The van der Waals surface area contributed by atoms with Crippen molar-refractivity contribution >= 4 is 12.1 Å². The average molecular weight is 148 g/mol. The van der Waals surface area contributed by atoms with E-state index in [4.69, 9.17) is 5.11 Å². The first kappa shape index (κ1) is 8.70. The molecule has 0 saturated heterocycles. The van der Waals surface area contributed by atoms with Crippen LogP contribution in [0.3, 0.4) is 0 Å². The van der Waals surface area contributed by atoms with Gasteiger partial charge in [-0.15, -0.1) is 0 Å². The molecule has 0 saturated carbocycles. The SMILES string of the molecule is CC(NC(=O)O)C(=O)ON. The lowest BCUT2D eigenvalue weighted by Crippen LogP contribution is -2.39. The van der Waals surface area contributed by atoms with Gasteiger partial charge in [-0.05, 0) is 6.92 Å². The minimum absolute atomic E-state index is 0.817. The number of carbonyl (C=O) groups excluding carboxylic acids is 1. The van der Waals surface area contributed by atoms with E-state index < -0.39 is 18.1 Å². The van der Waals surface area contributed by atoms with E-state index in [-0.39, 0.29) is 0 Å². The van der Waals surface area contributed by atoms with Crippen LogP contribution >= 0.6 is 0 Å². The minimum atomic E-state index is -1.29. The minimum Gasteiger partial charge on any atom is -0.465 e. The summed E-state index contributed by atoms with van der Waals surface area (Å²) in [5, 5.41) is 9.92. The molecule has 0 heterocycles. The Balaban J connectivity index is 3.72. The summed E-state index contributed by atoms with van der Waals surface area (Å²) in [5.41, 5.74) is 0. The zero-order chi connectivity index (χ0) is 8.15. The van der Waals surface area contributed by atoms with Gasteiger partial charge in [0.1, 0.15) is 6.04 Å². The normalized spacial score (nSPS) is 11.8. The third-order valence-corrected chi connectivity index (χ3v) is 0.810. The summed E-state index contributed by atoms with van der Waals surface area (Å²) in [5.74, 6) is 3.65. The van der Waals surface area contributed by atoms with Crippen molar-refractivity contribution in [3.05, 3.63) is 0 Å². The van der Waals surface area contributed by atoms with Crippen LogP contribution in [0.2, 0.25) is 0 Å². The van der Waals surface area contributed by atoms with Crippen LogP contribution in [0.15, 0.2) is 0 Å². The highest BCUT2D eigenvalue weighted by molar-refractivity contribution is 5.79. The van der Waals surface area contributed by atoms with Gasteiger partial charge in [0.2, 0.25) is 0 Å². The molecule has 10 heavy (non-hydrogen) atoms. The van der Waals surface area contributed by atoms with Gasteiger partial charge >= 0.3 is 12.1 Å². The molecule has 0 aliphatic carbocycles. The Morgan fingerprint density at radius 2 is 2.20 bits per heavy atom. The number of hydrogen-bond donors (Lipinski definition) is 3. The van der Waals surface area contributed by atoms with Crippen molar-refractivity contribution in [1.82, 2.24) is 5.32 Å². The highest BCUT2D eigenvalue weighted by atomic mass is 16.7. The lowest BCUT2D eigenvalue weighted by molar-refractivity contribution is -0.146. The summed E-state index contributed by atoms with van der Waals surface area (Å²) < 4.78 is 0. The molecule has 1 unspecified atom stereocenters. The monoisotopic (exact) mass is 148 g/mol. The molecule has 0 spiro atoms. The Bertz CT molecular complexity index is 146. The van der Waals surface area contributed by atoms with Gasteiger partial charge in [0.15, 0.2) is 0 Å². The lowest BCUT2D eigenvalue weighted by atomic mass is 10.3. The maximum absolute atomic E-state index is 10.4. The molecule has 0 aromatic rings. The molecule has 0 aromatic heterocycles. The zero-order valence-corrected chi connectivity index (χ0v) is 5.33. The Labute approximate surface area is 56.9 Å². The van der Waals surface area contributed by atoms with E-state index in [1.165, 1.54) is 6.92 Å². The number of carboxylic acid groups (broad SMARTS) is 1. The van der Waals surface area contributed by atoms with Gasteiger partial charge in [-0.1, -0.05) is 0 Å². The predicted octanol–water partition coefficient (Wildman–Crippen LogP) is -0.941. The topological polar surface area (TPSA) is 102 Å². The van der Waals surface area contributed by atoms with Gasteiger partial charge in [0, 0.05) is 0 Å². The lowest BCUT2D eigenvalue weighted by Gasteiger charge is -2.06. The van der Waals surface area contributed by atoms with Gasteiger partial charge in [0.25, 0.3) is 0 Å². The van der Waals surface area contributed by atoms with Crippen molar-refractivity contribution < 1.29 is 19.5 Å². The van der Waals surface area contributed by atoms with Crippen molar-refractivity contribution in [2.45, 2.75) is 13.0 Å². The molecule has 0 fully saturated rings. The van der Waals surface area contributed by atoms with Crippen LogP contribution in [0.1, 0.15) is 6.92 Å². The quantitative estimate of drug-likeness (QED) is 0.438. The zero-order valence-electron chi connectivity index (χ0n) is 5.33. The van der Waals surface area contributed by atoms with Crippen LogP contribution in [0, 0.1) is 0 Å². The second-order valence-corrected chi connectivity index (χ2v) is 1.61. The third-order valence-electron chi connectivity index (χ3n) is 0.810. The molecule has 0 rings (SSSR count). The Kier molecular flexibility index (Phi) is 3.20. The van der Waals surface area contributed by atoms with Crippen LogP contribution in [0.25, 0.3) is 0 Å². The molecule has 0 aliphatic rings. The van der Waals surface area contributed by atoms with E-state index in [1.54, 1.807) is 0 Å². The molecule has 0 aliphatic heterocycles. The van der Waals surface area contributed by atoms with Gasteiger partial charge in [-0.25, -0.2) is 9.59 Å². The fourth-order valence-corrected chi connectivity index (χ4v) is 0.346. The molecule has 0 bridgehead atoms. The summed E-state index contributed by atoms with van der Waals surface area (Å²) in [7, 11) is 0. The first-order chi connectivity index (χ1) is 4.57. The summed E-state index contributed by atoms with van der Waals surface area (Å²) in [6.07, 6.45) is -1.29. The molecule has 0 aromatic carbocycles. The van der Waals surface area contributed by atoms with E-state index in [1.807, 2.05) is 5.32 Å². The van der Waals surface area contributed by atoms with Crippen molar-refractivity contribution in [2.24, 2.45) is 5.90 Å². The fourth-order valence-electron chi connectivity index (χ4n) is 0.346. The summed E-state index contributed by atoms with van der Waals surface area (Å²) in [6.45, 7) is 1.32. The molecule has 58 valence electrons. The van der Waals surface area contributed by atoms with Crippen LogP contribution in [0.4, 0.5) is 4.79 Å². The molecule has 1 atom stereocenters. The highest BCUT2D eigenvalue weighted by Crippen LogP contribution is 1.82. The van der Waals surface area contributed by atoms with Crippen molar-refractivity contribution in [3.8, 4) is 0 Å². The molecule has 6 nitrogen and oxygen atoms in total. The molecular formula is C4H8N2O4. The van der Waals surface area contributed by atoms with E-state index in [2.05, 4.69) is 10.7 Å². The van der Waals surface area contributed by atoms with E-state index in [9.17, 15) is 9.59 Å². The van der Waals surface area contributed by atoms with Crippen LogP contribution < -0.4 is 11.2 Å². The number of nitrogens with one attached hydrogen (secondary N) is 1. The number of amides is 1. The fraction of sp³-hybridized carbons (Fsp3) is 0.500. The molecule has 4 N–H and O–H groups in total. The van der Waals surface area contributed by atoms with E-state index >= 15 is 0 Å². The largest absolute Gasteiger partial charge is 0.465 e. The first-order valence-corrected chi connectivity index (χ1v) is 2.48. The summed E-state index contributed by atoms with van der Waals surface area (Å²) in [6, 6.07) is -0.928. The molecular weight excluding hydrogens is 140 g/mol. The summed E-state index contributed by atoms with van der Waals surface area (Å²) >= 11 is 0. The van der Waals surface area contributed by atoms with Gasteiger partial charge in [-0.2, -0.15) is 5.90 Å². The summed E-state index contributed by atoms with van der Waals surface area (Å²) in [4.78, 5) is 24.0. The number of rotatable bonds is 2. The van der Waals surface area contributed by atoms with Crippen LogP contribution in [-0.2, 0) is 9.63 Å². The number of carbonyl (C=O) groups is 2. The molecule has 1 amide bonds. The second-order valence-electron chi connectivity index (χ2n) is 1.61. The maximum Gasteiger partial charge on any atom is 0.405 e. The Morgan fingerprint density at radius 1 is 1.70 bits per heavy atom. The second kappa shape index (κ2) is 3.67. The molecule has 6 heteroatoms. The van der Waals surface area contributed by atoms with Crippen LogP contribution in [-0.4, -0.2) is 23.2 Å². The molecule has 0 radical (unpaired) electrons. The van der Waals surface area contributed by atoms with E-state index in [0.29, 0.717) is 0 Å². The predicted molar refractivity (Wildman–Crippen MR) is 30.9 cm³/mol. The van der Waals surface area contributed by atoms with Crippen molar-refractivity contribution in [3.63, 3.8) is 0 Å². The Morgan fingerprint density at radius 3 is 2.50 bits per heavy atom. The first-order valence-electron chi connectivity index (χ1n) is 2.48. The number of hydrogen-bond acceptors (Lipinski definition) is 4. The van der Waals surface area contributed by atoms with E-state index in [0.717, 1.165) is 0 Å². The van der Waals surface area contributed by atoms with Gasteiger partial charge < -0.3 is 15.3 Å². The maximum atomic E-state index is 10.4. The van der Waals surface area contributed by atoms with Crippen LogP contribution in [0.5, 0.6) is 0 Å². The number of nitrogens with two attached hydrogens (primary N) is 1. The Hall–Kier alpha value is -1.30. The van der Waals surface area contributed by atoms with Crippen molar-refractivity contribution in [2.75, 3.05) is 0 Å². The van der Waals surface area contributed by atoms with Crippen molar-refractivity contribution in [1.29, 1.82) is 0 Å². The smallest absolute Gasteiger partial charge is 0.405 e. The van der Waals surface area contributed by atoms with Gasteiger partial charge in [0.05, 0.1) is 0 Å². The highest BCUT2D eigenvalue weighted by Gasteiger charge is 2.14.